The van der Waals surface area contributed by atoms with Crippen LogP contribution in [0, 0.1) is 6.92 Å². The van der Waals surface area contributed by atoms with Crippen LogP contribution < -0.4 is 5.32 Å². The third-order valence-corrected chi connectivity index (χ3v) is 2.86. The highest BCUT2D eigenvalue weighted by Gasteiger charge is 2.12. The molecule has 2 nitrogen and oxygen atoms in total. The van der Waals surface area contributed by atoms with Crippen LogP contribution in [0.3, 0.4) is 0 Å². The minimum Gasteiger partial charge on any atom is -0.372 e. The van der Waals surface area contributed by atoms with Gasteiger partial charge in [-0.1, -0.05) is 29.8 Å². The summed E-state index contributed by atoms with van der Waals surface area (Å²) in [6.45, 7) is 5.00. The Bertz CT molecular complexity index is 288. The van der Waals surface area contributed by atoms with Crippen molar-refractivity contribution in [3.05, 3.63) is 35.4 Å². The Balaban J connectivity index is 1.79. The lowest BCUT2D eigenvalue weighted by atomic mass is 10.1. The zero-order chi connectivity index (χ0) is 10.5. The normalized spacial score (nSPS) is 21.5. The number of hydrogen-bond donors (Lipinski definition) is 1. The number of piperidine rings is 1. The van der Waals surface area contributed by atoms with E-state index in [1.165, 1.54) is 24.0 Å². The lowest BCUT2D eigenvalue weighted by Crippen LogP contribution is -2.35. The molecule has 1 atom stereocenters. The van der Waals surface area contributed by atoms with Gasteiger partial charge in [0.2, 0.25) is 0 Å². The maximum absolute atomic E-state index is 5.85. The molecule has 2 rings (SSSR count). The Labute approximate surface area is 91.6 Å². The molecular weight excluding hydrogens is 186 g/mol. The Kier molecular flexibility index (Phi) is 3.75. The maximum atomic E-state index is 5.85. The molecule has 0 saturated carbocycles. The highest BCUT2D eigenvalue weighted by Crippen LogP contribution is 2.10. The van der Waals surface area contributed by atoms with E-state index in [1.807, 2.05) is 0 Å². The Morgan fingerprint density at radius 1 is 1.33 bits per heavy atom. The molecule has 0 radical (unpaired) electrons. The highest BCUT2D eigenvalue weighted by atomic mass is 16.5. The van der Waals surface area contributed by atoms with Crippen molar-refractivity contribution in [2.24, 2.45) is 0 Å². The molecule has 15 heavy (non-hydrogen) atoms. The monoisotopic (exact) mass is 205 g/mol. The smallest absolute Gasteiger partial charge is 0.0721 e. The molecule has 1 aromatic rings. The Morgan fingerprint density at radius 2 is 2.13 bits per heavy atom. The first-order chi connectivity index (χ1) is 7.34. The zero-order valence-corrected chi connectivity index (χ0v) is 9.33. The molecule has 0 bridgehead atoms. The average Bonchev–Trinajstić information content (AvgIpc) is 2.30. The quantitative estimate of drug-likeness (QED) is 0.817. The summed E-state index contributed by atoms with van der Waals surface area (Å²) in [5, 5.41) is 3.36. The van der Waals surface area contributed by atoms with Gasteiger partial charge in [-0.05, 0) is 31.9 Å². The summed E-state index contributed by atoms with van der Waals surface area (Å²) in [4.78, 5) is 0. The molecule has 0 amide bonds. The van der Waals surface area contributed by atoms with E-state index in [2.05, 4.69) is 36.5 Å². The fraction of sp³-hybridized carbons (Fsp3) is 0.538. The number of aryl methyl sites for hydroxylation is 1. The van der Waals surface area contributed by atoms with Crippen LogP contribution in [0.5, 0.6) is 0 Å². The molecule has 0 aliphatic carbocycles. The molecule has 0 unspecified atom stereocenters. The van der Waals surface area contributed by atoms with Crippen LogP contribution in [0.4, 0.5) is 0 Å². The van der Waals surface area contributed by atoms with Crippen LogP contribution in [-0.4, -0.2) is 19.2 Å². The van der Waals surface area contributed by atoms with Gasteiger partial charge in [-0.25, -0.2) is 0 Å². The minimum absolute atomic E-state index is 0.403. The van der Waals surface area contributed by atoms with E-state index in [-0.39, 0.29) is 0 Å². The van der Waals surface area contributed by atoms with Crippen molar-refractivity contribution in [2.45, 2.75) is 32.5 Å². The second kappa shape index (κ2) is 5.29. The van der Waals surface area contributed by atoms with Crippen LogP contribution in [0.15, 0.2) is 24.3 Å². The summed E-state index contributed by atoms with van der Waals surface area (Å²) in [5.74, 6) is 0. The molecule has 1 heterocycles. The Morgan fingerprint density at radius 3 is 2.80 bits per heavy atom. The van der Waals surface area contributed by atoms with E-state index < -0.39 is 0 Å². The number of ether oxygens (including phenoxy) is 1. The molecule has 82 valence electrons. The molecular formula is C13H19NO. The molecule has 1 aliphatic heterocycles. The van der Waals surface area contributed by atoms with E-state index >= 15 is 0 Å². The van der Waals surface area contributed by atoms with Crippen molar-refractivity contribution in [1.82, 2.24) is 5.32 Å². The van der Waals surface area contributed by atoms with Crippen molar-refractivity contribution in [3.8, 4) is 0 Å². The van der Waals surface area contributed by atoms with E-state index in [9.17, 15) is 0 Å². The largest absolute Gasteiger partial charge is 0.372 e. The van der Waals surface area contributed by atoms with Gasteiger partial charge in [0.1, 0.15) is 0 Å². The number of rotatable bonds is 3. The number of nitrogens with one attached hydrogen (secondary N) is 1. The van der Waals surface area contributed by atoms with E-state index in [1.54, 1.807) is 0 Å². The molecule has 0 aromatic heterocycles. The van der Waals surface area contributed by atoms with Gasteiger partial charge in [-0.2, -0.15) is 0 Å². The van der Waals surface area contributed by atoms with E-state index in [0.717, 1.165) is 19.7 Å². The van der Waals surface area contributed by atoms with Gasteiger partial charge in [0.15, 0.2) is 0 Å². The van der Waals surface area contributed by atoms with E-state index in [0.29, 0.717) is 6.10 Å². The third kappa shape index (κ3) is 3.33. The van der Waals surface area contributed by atoms with Crippen LogP contribution in [-0.2, 0) is 11.3 Å². The topological polar surface area (TPSA) is 21.3 Å². The van der Waals surface area contributed by atoms with Gasteiger partial charge in [-0.15, -0.1) is 0 Å². The van der Waals surface area contributed by atoms with Crippen molar-refractivity contribution in [3.63, 3.8) is 0 Å². The molecule has 0 spiro atoms. The second-order valence-corrected chi connectivity index (χ2v) is 4.26. The lowest BCUT2D eigenvalue weighted by Gasteiger charge is -2.23. The molecule has 1 aliphatic rings. The van der Waals surface area contributed by atoms with Crippen LogP contribution in [0.1, 0.15) is 24.0 Å². The second-order valence-electron chi connectivity index (χ2n) is 4.26. The SMILES string of the molecule is Cc1ccc(CO[C@H]2CCCNC2)cc1. The summed E-state index contributed by atoms with van der Waals surface area (Å²) in [5.41, 5.74) is 2.57. The predicted octanol–water partition coefficient (Wildman–Crippen LogP) is 2.26. The summed E-state index contributed by atoms with van der Waals surface area (Å²) in [6, 6.07) is 8.56. The van der Waals surface area contributed by atoms with Crippen molar-refractivity contribution in [1.29, 1.82) is 0 Å². The molecule has 1 fully saturated rings. The molecule has 1 aromatic carbocycles. The van der Waals surface area contributed by atoms with Gasteiger partial charge < -0.3 is 10.1 Å². The van der Waals surface area contributed by atoms with Crippen LogP contribution >= 0.6 is 0 Å². The fourth-order valence-corrected chi connectivity index (χ4v) is 1.86. The standard InChI is InChI=1S/C13H19NO/c1-11-4-6-12(7-5-11)10-15-13-3-2-8-14-9-13/h4-7,13-14H,2-3,8-10H2,1H3/t13-/m0/s1. The van der Waals surface area contributed by atoms with Gasteiger partial charge in [0.25, 0.3) is 0 Å². The third-order valence-electron chi connectivity index (χ3n) is 2.86. The molecule has 1 saturated heterocycles. The first kappa shape index (κ1) is 10.7. The van der Waals surface area contributed by atoms with Crippen molar-refractivity contribution in [2.75, 3.05) is 13.1 Å². The Hall–Kier alpha value is -0.860. The fourth-order valence-electron chi connectivity index (χ4n) is 1.86. The molecule has 2 heteroatoms. The first-order valence-corrected chi connectivity index (χ1v) is 5.72. The van der Waals surface area contributed by atoms with Gasteiger partial charge in [-0.3, -0.25) is 0 Å². The van der Waals surface area contributed by atoms with Gasteiger partial charge in [0, 0.05) is 6.54 Å². The first-order valence-electron chi connectivity index (χ1n) is 5.72. The molecule has 1 N–H and O–H groups in total. The van der Waals surface area contributed by atoms with Crippen LogP contribution in [0.25, 0.3) is 0 Å². The number of benzene rings is 1. The average molecular weight is 205 g/mol. The predicted molar refractivity (Wildman–Crippen MR) is 61.9 cm³/mol. The summed E-state index contributed by atoms with van der Waals surface area (Å²) < 4.78 is 5.85. The van der Waals surface area contributed by atoms with Crippen molar-refractivity contribution < 1.29 is 4.74 Å². The van der Waals surface area contributed by atoms with E-state index in [4.69, 9.17) is 4.74 Å². The minimum atomic E-state index is 0.403. The van der Waals surface area contributed by atoms with Gasteiger partial charge >= 0.3 is 0 Å². The highest BCUT2D eigenvalue weighted by molar-refractivity contribution is 5.20. The lowest BCUT2D eigenvalue weighted by molar-refractivity contribution is 0.0253. The maximum Gasteiger partial charge on any atom is 0.0721 e. The zero-order valence-electron chi connectivity index (χ0n) is 9.33. The van der Waals surface area contributed by atoms with Crippen LogP contribution in [0.2, 0.25) is 0 Å². The number of hydrogen-bond acceptors (Lipinski definition) is 2. The van der Waals surface area contributed by atoms with Gasteiger partial charge in [0.05, 0.1) is 12.7 Å². The summed E-state index contributed by atoms with van der Waals surface area (Å²) in [7, 11) is 0. The van der Waals surface area contributed by atoms with Crippen molar-refractivity contribution >= 4 is 0 Å². The summed E-state index contributed by atoms with van der Waals surface area (Å²) >= 11 is 0. The summed E-state index contributed by atoms with van der Waals surface area (Å²) in [6.07, 6.45) is 2.83.